The molecule has 2 aromatic heterocycles. The van der Waals surface area contributed by atoms with E-state index < -0.39 is 0 Å². The summed E-state index contributed by atoms with van der Waals surface area (Å²) in [5.74, 6) is 5.16. The molecule has 4 saturated carbocycles. The van der Waals surface area contributed by atoms with Crippen molar-refractivity contribution in [3.8, 4) is 45.3 Å². The number of fused-ring (bicyclic) bond motifs is 8. The first kappa shape index (κ1) is 30.2. The molecular weight excluding hydrogens is 671 g/mol. The molecule has 262 valence electrons. The summed E-state index contributed by atoms with van der Waals surface area (Å²) in [6, 6.07) is 50.7. The summed E-state index contributed by atoms with van der Waals surface area (Å²) in [4.78, 5) is 15.5. The largest absolute Gasteiger partial charge is 0.456 e. The van der Waals surface area contributed by atoms with Gasteiger partial charge in [0.05, 0.1) is 0 Å². The molecule has 4 nitrogen and oxygen atoms in total. The Labute approximate surface area is 318 Å². The molecule has 9 aromatic rings. The zero-order valence-electron chi connectivity index (χ0n) is 30.4. The Morgan fingerprint density at radius 2 is 1.00 bits per heavy atom. The SMILES string of the molecule is c1ccc(-c2nc(-c3ccc4c(c3)-c3cc5cc6ccccc6cc5cc3C43C4CC5CC(C4)CC3C5)nc(-c3ccc4c(c3)oc3ccccc34)n2)cc1. The van der Waals surface area contributed by atoms with Gasteiger partial charge in [-0.1, -0.05) is 91.0 Å². The third-order valence-electron chi connectivity index (χ3n) is 14.0. The lowest BCUT2D eigenvalue weighted by Crippen LogP contribution is -2.55. The molecule has 55 heavy (non-hydrogen) atoms. The Hall–Kier alpha value is -6.13. The van der Waals surface area contributed by atoms with Gasteiger partial charge in [-0.2, -0.15) is 0 Å². The van der Waals surface area contributed by atoms with Gasteiger partial charge in [0, 0.05) is 32.9 Å². The van der Waals surface area contributed by atoms with Crippen molar-refractivity contribution in [3.63, 3.8) is 0 Å². The second-order valence-electron chi connectivity index (χ2n) is 16.9. The van der Waals surface area contributed by atoms with Crippen LogP contribution in [0.15, 0.2) is 144 Å². The van der Waals surface area contributed by atoms with Crippen LogP contribution in [0.1, 0.15) is 43.2 Å². The van der Waals surface area contributed by atoms with Crippen molar-refractivity contribution < 1.29 is 4.42 Å². The van der Waals surface area contributed by atoms with Crippen LogP contribution in [0.25, 0.3) is 88.8 Å². The van der Waals surface area contributed by atoms with Crippen molar-refractivity contribution in [2.24, 2.45) is 23.7 Å². The van der Waals surface area contributed by atoms with Crippen LogP contribution in [0.2, 0.25) is 0 Å². The average Bonchev–Trinajstić information content (AvgIpc) is 3.73. The molecule has 0 N–H and O–H groups in total. The van der Waals surface area contributed by atoms with Crippen molar-refractivity contribution >= 4 is 43.5 Å². The van der Waals surface area contributed by atoms with Crippen LogP contribution in [0.3, 0.4) is 0 Å². The molecule has 0 saturated heterocycles. The maximum Gasteiger partial charge on any atom is 0.164 e. The van der Waals surface area contributed by atoms with E-state index in [9.17, 15) is 0 Å². The lowest BCUT2D eigenvalue weighted by atomic mass is 9.43. The molecule has 5 aliphatic carbocycles. The first-order chi connectivity index (χ1) is 27.2. The molecule has 4 heteroatoms. The maximum atomic E-state index is 6.31. The monoisotopic (exact) mass is 707 g/mol. The summed E-state index contributed by atoms with van der Waals surface area (Å²) >= 11 is 0. The summed E-state index contributed by atoms with van der Waals surface area (Å²) in [6.45, 7) is 0. The quantitative estimate of drug-likeness (QED) is 0.172. The van der Waals surface area contributed by atoms with E-state index in [1.807, 2.05) is 30.3 Å². The van der Waals surface area contributed by atoms with E-state index in [0.29, 0.717) is 29.3 Å². The number of rotatable bonds is 3. The van der Waals surface area contributed by atoms with E-state index in [-0.39, 0.29) is 5.41 Å². The van der Waals surface area contributed by atoms with E-state index in [4.69, 9.17) is 19.4 Å². The van der Waals surface area contributed by atoms with Gasteiger partial charge in [0.1, 0.15) is 11.2 Å². The molecule has 0 amide bonds. The van der Waals surface area contributed by atoms with Crippen molar-refractivity contribution in [2.45, 2.75) is 37.5 Å². The molecule has 5 aliphatic rings. The van der Waals surface area contributed by atoms with Crippen LogP contribution in [0, 0.1) is 23.7 Å². The first-order valence-corrected chi connectivity index (χ1v) is 20.0. The lowest BCUT2D eigenvalue weighted by Gasteiger charge is -2.61. The predicted octanol–water partition coefficient (Wildman–Crippen LogP) is 12.8. The van der Waals surface area contributed by atoms with Crippen LogP contribution >= 0.6 is 0 Å². The van der Waals surface area contributed by atoms with Gasteiger partial charge in [-0.15, -0.1) is 0 Å². The van der Waals surface area contributed by atoms with Crippen LogP contribution < -0.4 is 0 Å². The Balaban J connectivity index is 1.02. The van der Waals surface area contributed by atoms with Gasteiger partial charge in [0.25, 0.3) is 0 Å². The topological polar surface area (TPSA) is 51.8 Å². The second kappa shape index (κ2) is 11.0. The molecule has 14 rings (SSSR count). The molecule has 0 radical (unpaired) electrons. The van der Waals surface area contributed by atoms with Gasteiger partial charge < -0.3 is 4.42 Å². The molecule has 0 unspecified atom stereocenters. The van der Waals surface area contributed by atoms with Gasteiger partial charge in [-0.05, 0) is 148 Å². The van der Waals surface area contributed by atoms with Crippen LogP contribution in [-0.2, 0) is 5.41 Å². The highest BCUT2D eigenvalue weighted by atomic mass is 16.3. The van der Waals surface area contributed by atoms with E-state index in [0.717, 1.165) is 50.5 Å². The molecule has 7 aromatic carbocycles. The maximum absolute atomic E-state index is 6.31. The summed E-state index contributed by atoms with van der Waals surface area (Å²) in [7, 11) is 0. The fourth-order valence-corrected chi connectivity index (χ4v) is 12.0. The first-order valence-electron chi connectivity index (χ1n) is 20.0. The predicted molar refractivity (Wildman–Crippen MR) is 222 cm³/mol. The van der Waals surface area contributed by atoms with E-state index >= 15 is 0 Å². The highest BCUT2D eigenvalue weighted by Crippen LogP contribution is 2.69. The minimum atomic E-state index is 0.0674. The van der Waals surface area contributed by atoms with E-state index in [1.165, 1.54) is 70.3 Å². The van der Waals surface area contributed by atoms with E-state index in [2.05, 4.69) is 109 Å². The molecule has 0 atom stereocenters. The van der Waals surface area contributed by atoms with Gasteiger partial charge in [-0.3, -0.25) is 0 Å². The van der Waals surface area contributed by atoms with Crippen molar-refractivity contribution in [3.05, 3.63) is 151 Å². The summed E-state index contributed by atoms with van der Waals surface area (Å²) in [6.07, 6.45) is 6.87. The van der Waals surface area contributed by atoms with Crippen LogP contribution in [0.5, 0.6) is 0 Å². The fraction of sp³-hybridized carbons (Fsp3) is 0.196. The number of hydrogen-bond donors (Lipinski definition) is 0. The minimum Gasteiger partial charge on any atom is -0.456 e. The summed E-state index contributed by atoms with van der Waals surface area (Å²) < 4.78 is 6.31. The molecule has 4 bridgehead atoms. The van der Waals surface area contributed by atoms with Crippen molar-refractivity contribution in [1.29, 1.82) is 0 Å². The molecule has 2 heterocycles. The Morgan fingerprint density at radius 1 is 0.418 bits per heavy atom. The smallest absolute Gasteiger partial charge is 0.164 e. The second-order valence-corrected chi connectivity index (χ2v) is 16.9. The third-order valence-corrected chi connectivity index (χ3v) is 14.0. The zero-order valence-corrected chi connectivity index (χ0v) is 30.4. The highest BCUT2D eigenvalue weighted by Gasteiger charge is 2.61. The number of furan rings is 1. The minimum absolute atomic E-state index is 0.0674. The normalized spacial score (nSPS) is 23.3. The molecule has 1 spiro atoms. The van der Waals surface area contributed by atoms with Gasteiger partial charge in [0.2, 0.25) is 0 Å². The highest BCUT2D eigenvalue weighted by molar-refractivity contribution is 6.06. The Kier molecular flexibility index (Phi) is 6.03. The number of para-hydroxylation sites is 1. The third kappa shape index (κ3) is 4.25. The molecular formula is C51H37N3O. The van der Waals surface area contributed by atoms with Crippen molar-refractivity contribution in [1.82, 2.24) is 15.0 Å². The molecule has 0 aliphatic heterocycles. The zero-order chi connectivity index (χ0) is 35.8. The number of aromatic nitrogens is 3. The lowest BCUT2D eigenvalue weighted by molar-refractivity contribution is -0.0398. The number of hydrogen-bond acceptors (Lipinski definition) is 4. The Bertz CT molecular complexity index is 3040. The summed E-state index contributed by atoms with van der Waals surface area (Å²) in [5, 5.41) is 7.47. The number of benzene rings is 7. The standard InChI is InChI=1S/C51H37N3O/c1-2-8-31(9-3-1)48-52-49(54-50(53-48)35-14-16-41-40-12-6-7-13-46(40)55-47(41)28-35)34-15-17-44-42(25-34)43-26-36-23-32-10-4-5-11-33(32)24-37(36)27-45(43)51(44)38-19-29-18-30(21-38)22-39(51)20-29/h1-17,23-30,38-39H,18-22H2. The van der Waals surface area contributed by atoms with E-state index in [1.54, 1.807) is 5.56 Å². The number of nitrogens with zero attached hydrogens (tertiary/aromatic N) is 3. The van der Waals surface area contributed by atoms with Gasteiger partial charge in [0.15, 0.2) is 17.5 Å². The van der Waals surface area contributed by atoms with Gasteiger partial charge >= 0.3 is 0 Å². The van der Waals surface area contributed by atoms with Crippen LogP contribution in [0.4, 0.5) is 0 Å². The van der Waals surface area contributed by atoms with Crippen LogP contribution in [-0.4, -0.2) is 15.0 Å². The fourth-order valence-electron chi connectivity index (χ4n) is 12.0. The summed E-state index contributed by atoms with van der Waals surface area (Å²) in [5.41, 5.74) is 10.5. The Morgan fingerprint density at radius 3 is 1.75 bits per heavy atom. The molecule has 4 fully saturated rings. The van der Waals surface area contributed by atoms with Crippen molar-refractivity contribution in [2.75, 3.05) is 0 Å². The average molecular weight is 708 g/mol. The van der Waals surface area contributed by atoms with Gasteiger partial charge in [-0.25, -0.2) is 15.0 Å².